The Hall–Kier alpha value is -1.43. The molecular formula is C15H17ClN2O3. The summed E-state index contributed by atoms with van der Waals surface area (Å²) in [6, 6.07) is 6.88. The van der Waals surface area contributed by atoms with Gasteiger partial charge in [-0.3, -0.25) is 19.4 Å². The highest BCUT2D eigenvalue weighted by atomic mass is 35.5. The topological polar surface area (TPSA) is 49.9 Å². The summed E-state index contributed by atoms with van der Waals surface area (Å²) < 4.78 is 5.29. The van der Waals surface area contributed by atoms with Crippen LogP contribution in [0.1, 0.15) is 12.0 Å². The third-order valence-electron chi connectivity index (χ3n) is 3.96. The Morgan fingerprint density at radius 2 is 1.81 bits per heavy atom. The average Bonchev–Trinajstić information content (AvgIpc) is 2.78. The number of carbonyl (C=O) groups excluding carboxylic acids is 2. The Morgan fingerprint density at radius 1 is 1.14 bits per heavy atom. The van der Waals surface area contributed by atoms with E-state index in [0.717, 1.165) is 5.56 Å². The lowest BCUT2D eigenvalue weighted by atomic mass is 10.2. The fraction of sp³-hybridized carbons (Fsp3) is 0.467. The second-order valence-corrected chi connectivity index (χ2v) is 5.75. The van der Waals surface area contributed by atoms with Crippen molar-refractivity contribution in [3.8, 4) is 0 Å². The molecule has 2 aliphatic heterocycles. The Balaban J connectivity index is 1.69. The first-order valence-corrected chi connectivity index (χ1v) is 7.43. The molecule has 0 unspecified atom stereocenters. The molecule has 2 fully saturated rings. The number of amides is 2. The molecule has 0 radical (unpaired) electrons. The molecule has 0 saturated carbocycles. The smallest absolute Gasteiger partial charge is 0.247 e. The quantitative estimate of drug-likeness (QED) is 0.790. The maximum Gasteiger partial charge on any atom is 0.247 e. The van der Waals surface area contributed by atoms with Crippen molar-refractivity contribution in [2.75, 3.05) is 26.3 Å². The first-order valence-electron chi connectivity index (χ1n) is 7.05. The number of carbonyl (C=O) groups is 2. The number of hydrogen-bond donors (Lipinski definition) is 0. The van der Waals surface area contributed by atoms with Crippen LogP contribution in [0.25, 0.3) is 0 Å². The Labute approximate surface area is 128 Å². The normalized spacial score (nSPS) is 23.9. The maximum absolute atomic E-state index is 12.5. The summed E-state index contributed by atoms with van der Waals surface area (Å²) in [4.78, 5) is 28.0. The van der Waals surface area contributed by atoms with Gasteiger partial charge in [0, 0.05) is 18.1 Å². The zero-order valence-corrected chi connectivity index (χ0v) is 12.4. The van der Waals surface area contributed by atoms with Gasteiger partial charge in [0.15, 0.2) is 0 Å². The molecule has 0 aliphatic carbocycles. The molecule has 2 heterocycles. The van der Waals surface area contributed by atoms with E-state index >= 15 is 0 Å². The fourth-order valence-electron chi connectivity index (χ4n) is 2.78. The van der Waals surface area contributed by atoms with Crippen molar-refractivity contribution in [3.05, 3.63) is 34.9 Å². The highest BCUT2D eigenvalue weighted by molar-refractivity contribution is 6.30. The summed E-state index contributed by atoms with van der Waals surface area (Å²) >= 11 is 5.84. The van der Waals surface area contributed by atoms with Crippen molar-refractivity contribution >= 4 is 23.4 Å². The standard InChI is InChI=1S/C15H17ClN2O3/c16-12-3-1-11(2-4-12)10-18-14(19)9-13(15(18)20)17-5-7-21-8-6-17/h1-4,13H,5-10H2/t13-/m1/s1. The molecule has 5 nitrogen and oxygen atoms in total. The predicted molar refractivity (Wildman–Crippen MR) is 77.8 cm³/mol. The largest absolute Gasteiger partial charge is 0.379 e. The van der Waals surface area contributed by atoms with Crippen LogP contribution in [0.4, 0.5) is 0 Å². The van der Waals surface area contributed by atoms with E-state index in [1.807, 2.05) is 17.0 Å². The molecule has 1 atom stereocenters. The zero-order chi connectivity index (χ0) is 14.8. The lowest BCUT2D eigenvalue weighted by molar-refractivity contribution is -0.140. The monoisotopic (exact) mass is 308 g/mol. The molecule has 3 rings (SSSR count). The summed E-state index contributed by atoms with van der Waals surface area (Å²) in [5.41, 5.74) is 0.906. The second-order valence-electron chi connectivity index (χ2n) is 5.31. The van der Waals surface area contributed by atoms with Crippen molar-refractivity contribution in [2.45, 2.75) is 19.0 Å². The predicted octanol–water partition coefficient (Wildman–Crippen LogP) is 1.30. The van der Waals surface area contributed by atoms with Crippen molar-refractivity contribution in [1.29, 1.82) is 0 Å². The first-order chi connectivity index (χ1) is 10.1. The number of hydrogen-bond acceptors (Lipinski definition) is 4. The number of imide groups is 1. The summed E-state index contributed by atoms with van der Waals surface area (Å²) in [5, 5.41) is 0.643. The van der Waals surface area contributed by atoms with Gasteiger partial charge in [-0.1, -0.05) is 23.7 Å². The lowest BCUT2D eigenvalue weighted by Gasteiger charge is -2.30. The van der Waals surface area contributed by atoms with Crippen LogP contribution in [-0.2, 0) is 20.9 Å². The minimum absolute atomic E-state index is 0.100. The van der Waals surface area contributed by atoms with Crippen LogP contribution in [0.5, 0.6) is 0 Å². The number of morpholine rings is 1. The molecule has 6 heteroatoms. The first kappa shape index (κ1) is 14.5. The van der Waals surface area contributed by atoms with Gasteiger partial charge in [0.2, 0.25) is 11.8 Å². The SMILES string of the molecule is O=C1C[C@@H](N2CCOCC2)C(=O)N1Cc1ccc(Cl)cc1. The highest BCUT2D eigenvalue weighted by Crippen LogP contribution is 2.22. The van der Waals surface area contributed by atoms with Crippen LogP contribution in [0.2, 0.25) is 5.02 Å². The molecule has 2 amide bonds. The summed E-state index contributed by atoms with van der Waals surface area (Å²) in [6.07, 6.45) is 0.270. The number of benzene rings is 1. The second kappa shape index (κ2) is 6.13. The summed E-state index contributed by atoms with van der Waals surface area (Å²) in [5.74, 6) is -0.205. The van der Waals surface area contributed by atoms with Crippen LogP contribution in [0.15, 0.2) is 24.3 Å². The van der Waals surface area contributed by atoms with E-state index in [2.05, 4.69) is 0 Å². The van der Waals surface area contributed by atoms with E-state index in [-0.39, 0.29) is 24.3 Å². The third kappa shape index (κ3) is 3.10. The summed E-state index contributed by atoms with van der Waals surface area (Å²) in [6.45, 7) is 2.97. The molecule has 0 spiro atoms. The average molecular weight is 309 g/mol. The molecule has 1 aromatic rings. The van der Waals surface area contributed by atoms with E-state index in [1.165, 1.54) is 4.90 Å². The molecular weight excluding hydrogens is 292 g/mol. The minimum atomic E-state index is -0.325. The number of rotatable bonds is 3. The van der Waals surface area contributed by atoms with E-state index in [9.17, 15) is 9.59 Å². The number of nitrogens with zero attached hydrogens (tertiary/aromatic N) is 2. The molecule has 0 aromatic heterocycles. The van der Waals surface area contributed by atoms with Crippen molar-refractivity contribution in [1.82, 2.24) is 9.80 Å². The van der Waals surface area contributed by atoms with Crippen molar-refractivity contribution in [2.24, 2.45) is 0 Å². The summed E-state index contributed by atoms with van der Waals surface area (Å²) in [7, 11) is 0. The Morgan fingerprint density at radius 3 is 2.48 bits per heavy atom. The highest BCUT2D eigenvalue weighted by Gasteiger charge is 2.41. The maximum atomic E-state index is 12.5. The van der Waals surface area contributed by atoms with Crippen molar-refractivity contribution in [3.63, 3.8) is 0 Å². The fourth-order valence-corrected chi connectivity index (χ4v) is 2.90. The van der Waals surface area contributed by atoms with E-state index < -0.39 is 0 Å². The van der Waals surface area contributed by atoms with Gasteiger partial charge in [0.1, 0.15) is 0 Å². The molecule has 21 heavy (non-hydrogen) atoms. The minimum Gasteiger partial charge on any atom is -0.379 e. The van der Waals surface area contributed by atoms with Crippen LogP contribution in [0, 0.1) is 0 Å². The van der Waals surface area contributed by atoms with Gasteiger partial charge in [-0.15, -0.1) is 0 Å². The Kier molecular flexibility index (Phi) is 4.24. The number of ether oxygens (including phenoxy) is 1. The van der Waals surface area contributed by atoms with Gasteiger partial charge >= 0.3 is 0 Å². The molecule has 0 bridgehead atoms. The van der Waals surface area contributed by atoms with E-state index in [1.54, 1.807) is 12.1 Å². The van der Waals surface area contributed by atoms with Gasteiger partial charge in [-0.25, -0.2) is 0 Å². The molecule has 2 saturated heterocycles. The van der Waals surface area contributed by atoms with Crippen molar-refractivity contribution < 1.29 is 14.3 Å². The van der Waals surface area contributed by atoms with E-state index in [0.29, 0.717) is 37.9 Å². The van der Waals surface area contributed by atoms with Crippen LogP contribution in [0.3, 0.4) is 0 Å². The van der Waals surface area contributed by atoms with Crippen LogP contribution in [-0.4, -0.2) is 54.0 Å². The molecule has 2 aliphatic rings. The van der Waals surface area contributed by atoms with Gasteiger partial charge < -0.3 is 4.74 Å². The zero-order valence-electron chi connectivity index (χ0n) is 11.6. The van der Waals surface area contributed by atoms with Crippen LogP contribution < -0.4 is 0 Å². The molecule has 0 N–H and O–H groups in total. The Bertz CT molecular complexity index is 540. The van der Waals surface area contributed by atoms with Gasteiger partial charge in [0.05, 0.1) is 32.2 Å². The third-order valence-corrected chi connectivity index (χ3v) is 4.21. The van der Waals surface area contributed by atoms with Gasteiger partial charge in [0.25, 0.3) is 0 Å². The van der Waals surface area contributed by atoms with E-state index in [4.69, 9.17) is 16.3 Å². The molecule has 1 aromatic carbocycles. The lowest BCUT2D eigenvalue weighted by Crippen LogP contribution is -2.47. The number of halogens is 1. The molecule has 112 valence electrons. The van der Waals surface area contributed by atoms with Gasteiger partial charge in [-0.05, 0) is 17.7 Å². The van der Waals surface area contributed by atoms with Gasteiger partial charge in [-0.2, -0.15) is 0 Å². The van der Waals surface area contributed by atoms with Crippen LogP contribution >= 0.6 is 11.6 Å². The number of likely N-dealkylation sites (tertiary alicyclic amines) is 1.